The summed E-state index contributed by atoms with van der Waals surface area (Å²) in [6.45, 7) is 1.82. The second kappa shape index (κ2) is 6.41. The predicted octanol–water partition coefficient (Wildman–Crippen LogP) is 3.02. The molecule has 2 rings (SSSR count). The third-order valence-corrected chi connectivity index (χ3v) is 4.03. The summed E-state index contributed by atoms with van der Waals surface area (Å²) in [6.07, 6.45) is 12.7. The fourth-order valence-corrected chi connectivity index (χ4v) is 2.90. The molecule has 0 saturated carbocycles. The van der Waals surface area contributed by atoms with Crippen molar-refractivity contribution in [3.05, 3.63) is 11.6 Å². The molecule has 2 nitrogen and oxygen atoms in total. The van der Waals surface area contributed by atoms with Crippen LogP contribution in [0.2, 0.25) is 0 Å². The van der Waals surface area contributed by atoms with Crippen LogP contribution in [0.15, 0.2) is 11.6 Å². The Morgan fingerprint density at radius 1 is 1.12 bits per heavy atom. The van der Waals surface area contributed by atoms with Crippen molar-refractivity contribution >= 4 is 0 Å². The molecule has 0 aromatic rings. The van der Waals surface area contributed by atoms with Gasteiger partial charge in [-0.05, 0) is 44.4 Å². The first-order valence-electron chi connectivity index (χ1n) is 6.90. The van der Waals surface area contributed by atoms with E-state index in [0.717, 1.165) is 26.1 Å². The highest BCUT2D eigenvalue weighted by atomic mass is 16.5. The average molecular weight is 223 g/mol. The Hall–Kier alpha value is -0.340. The molecular weight excluding hydrogens is 198 g/mol. The van der Waals surface area contributed by atoms with E-state index in [0.29, 0.717) is 12.0 Å². The van der Waals surface area contributed by atoms with E-state index in [1.165, 1.54) is 44.1 Å². The van der Waals surface area contributed by atoms with Crippen LogP contribution >= 0.6 is 0 Å². The van der Waals surface area contributed by atoms with E-state index in [1.807, 2.05) is 0 Å². The van der Waals surface area contributed by atoms with Crippen molar-refractivity contribution in [2.45, 2.75) is 57.4 Å². The van der Waals surface area contributed by atoms with E-state index in [1.54, 1.807) is 0 Å². The van der Waals surface area contributed by atoms with Crippen LogP contribution in [-0.4, -0.2) is 19.3 Å². The van der Waals surface area contributed by atoms with E-state index in [-0.39, 0.29) is 0 Å². The second-order valence-electron chi connectivity index (χ2n) is 5.21. The lowest BCUT2D eigenvalue weighted by molar-refractivity contribution is 0.0615. The van der Waals surface area contributed by atoms with Gasteiger partial charge in [-0.3, -0.25) is 0 Å². The topological polar surface area (TPSA) is 35.2 Å². The van der Waals surface area contributed by atoms with Crippen molar-refractivity contribution < 1.29 is 4.74 Å². The van der Waals surface area contributed by atoms with Gasteiger partial charge >= 0.3 is 0 Å². The van der Waals surface area contributed by atoms with E-state index >= 15 is 0 Å². The standard InChI is InChI=1S/C14H25NO/c15-14(13-8-10-16-11-9-13)12-6-4-2-1-3-5-7-12/h6,13-14H,1-5,7-11,15H2. The molecule has 0 aromatic carbocycles. The minimum atomic E-state index is 0.307. The van der Waals surface area contributed by atoms with Gasteiger partial charge in [0, 0.05) is 19.3 Å². The quantitative estimate of drug-likeness (QED) is 0.730. The Kier molecular flexibility index (Phi) is 4.86. The minimum absolute atomic E-state index is 0.307. The van der Waals surface area contributed by atoms with Crippen LogP contribution < -0.4 is 5.73 Å². The molecule has 0 amide bonds. The lowest BCUT2D eigenvalue weighted by Gasteiger charge is -2.30. The molecule has 2 heteroatoms. The second-order valence-corrected chi connectivity index (χ2v) is 5.21. The summed E-state index contributed by atoms with van der Waals surface area (Å²) in [6, 6.07) is 0.307. The Morgan fingerprint density at radius 3 is 2.69 bits per heavy atom. The van der Waals surface area contributed by atoms with Gasteiger partial charge < -0.3 is 10.5 Å². The highest BCUT2D eigenvalue weighted by molar-refractivity contribution is 5.12. The highest BCUT2D eigenvalue weighted by Crippen LogP contribution is 2.26. The van der Waals surface area contributed by atoms with Crippen LogP contribution in [0.4, 0.5) is 0 Å². The maximum atomic E-state index is 6.42. The minimum Gasteiger partial charge on any atom is -0.381 e. The normalized spacial score (nSPS) is 26.7. The van der Waals surface area contributed by atoms with Gasteiger partial charge in [-0.25, -0.2) is 0 Å². The molecular formula is C14H25NO. The number of ether oxygens (including phenoxy) is 1. The van der Waals surface area contributed by atoms with Crippen LogP contribution in [-0.2, 0) is 4.74 Å². The summed E-state index contributed by atoms with van der Waals surface area (Å²) in [5.41, 5.74) is 7.95. The first-order chi connectivity index (χ1) is 7.88. The molecule has 1 aliphatic carbocycles. The third-order valence-electron chi connectivity index (χ3n) is 4.03. The summed E-state index contributed by atoms with van der Waals surface area (Å²) in [4.78, 5) is 0. The molecule has 0 spiro atoms. The monoisotopic (exact) mass is 223 g/mol. The maximum Gasteiger partial charge on any atom is 0.0469 e. The predicted molar refractivity (Wildman–Crippen MR) is 67.3 cm³/mol. The van der Waals surface area contributed by atoms with Gasteiger partial charge in [0.05, 0.1) is 0 Å². The van der Waals surface area contributed by atoms with E-state index in [9.17, 15) is 0 Å². The zero-order valence-electron chi connectivity index (χ0n) is 10.3. The molecule has 16 heavy (non-hydrogen) atoms. The van der Waals surface area contributed by atoms with Crippen molar-refractivity contribution in [3.8, 4) is 0 Å². The van der Waals surface area contributed by atoms with E-state index < -0.39 is 0 Å². The number of hydrogen-bond donors (Lipinski definition) is 1. The van der Waals surface area contributed by atoms with Crippen LogP contribution in [0, 0.1) is 5.92 Å². The Morgan fingerprint density at radius 2 is 1.88 bits per heavy atom. The summed E-state index contributed by atoms with van der Waals surface area (Å²) in [7, 11) is 0. The molecule has 1 saturated heterocycles. The average Bonchev–Trinajstić information content (AvgIpc) is 2.29. The Labute approximate surface area is 99.2 Å². The highest BCUT2D eigenvalue weighted by Gasteiger charge is 2.23. The molecule has 1 fully saturated rings. The molecule has 0 radical (unpaired) electrons. The molecule has 1 atom stereocenters. The molecule has 92 valence electrons. The zero-order valence-corrected chi connectivity index (χ0v) is 10.3. The third kappa shape index (κ3) is 3.33. The fraction of sp³-hybridized carbons (Fsp3) is 0.857. The fourth-order valence-electron chi connectivity index (χ4n) is 2.90. The Bertz CT molecular complexity index is 231. The SMILES string of the molecule is NC(C1=CCCCCCC1)C1CCOCC1. The van der Waals surface area contributed by atoms with Crippen LogP contribution in [0.5, 0.6) is 0 Å². The van der Waals surface area contributed by atoms with Crippen molar-refractivity contribution in [2.24, 2.45) is 11.7 Å². The summed E-state index contributed by atoms with van der Waals surface area (Å²) in [5, 5.41) is 0. The van der Waals surface area contributed by atoms with Crippen molar-refractivity contribution in [2.75, 3.05) is 13.2 Å². The maximum absolute atomic E-state index is 6.42. The zero-order chi connectivity index (χ0) is 11.2. The lowest BCUT2D eigenvalue weighted by atomic mass is 9.84. The number of hydrogen-bond acceptors (Lipinski definition) is 2. The molecule has 1 aliphatic heterocycles. The van der Waals surface area contributed by atoms with Crippen molar-refractivity contribution in [1.82, 2.24) is 0 Å². The van der Waals surface area contributed by atoms with Crippen LogP contribution in [0.3, 0.4) is 0 Å². The number of nitrogens with two attached hydrogens (primary N) is 1. The summed E-state index contributed by atoms with van der Waals surface area (Å²) in [5.74, 6) is 0.666. The van der Waals surface area contributed by atoms with Gasteiger partial charge in [0.2, 0.25) is 0 Å². The molecule has 1 unspecified atom stereocenters. The summed E-state index contributed by atoms with van der Waals surface area (Å²) < 4.78 is 5.41. The van der Waals surface area contributed by atoms with E-state index in [4.69, 9.17) is 10.5 Å². The van der Waals surface area contributed by atoms with Crippen molar-refractivity contribution in [1.29, 1.82) is 0 Å². The summed E-state index contributed by atoms with van der Waals surface area (Å²) >= 11 is 0. The first-order valence-corrected chi connectivity index (χ1v) is 6.90. The number of allylic oxidation sites excluding steroid dienone is 1. The lowest BCUT2D eigenvalue weighted by Crippen LogP contribution is -2.36. The van der Waals surface area contributed by atoms with Crippen molar-refractivity contribution in [3.63, 3.8) is 0 Å². The van der Waals surface area contributed by atoms with Gasteiger partial charge in [0.1, 0.15) is 0 Å². The van der Waals surface area contributed by atoms with E-state index in [2.05, 4.69) is 6.08 Å². The smallest absolute Gasteiger partial charge is 0.0469 e. The van der Waals surface area contributed by atoms with Crippen LogP contribution in [0.1, 0.15) is 51.4 Å². The molecule has 0 bridgehead atoms. The van der Waals surface area contributed by atoms with Gasteiger partial charge in [0.15, 0.2) is 0 Å². The Balaban J connectivity index is 1.92. The van der Waals surface area contributed by atoms with Gasteiger partial charge in [0.25, 0.3) is 0 Å². The molecule has 2 N–H and O–H groups in total. The van der Waals surface area contributed by atoms with Gasteiger partial charge in [-0.15, -0.1) is 0 Å². The molecule has 0 aromatic heterocycles. The van der Waals surface area contributed by atoms with Gasteiger partial charge in [-0.1, -0.05) is 24.5 Å². The van der Waals surface area contributed by atoms with Gasteiger partial charge in [-0.2, -0.15) is 0 Å². The molecule has 2 aliphatic rings. The largest absolute Gasteiger partial charge is 0.381 e. The first kappa shape index (κ1) is 12.1. The van der Waals surface area contributed by atoms with Crippen LogP contribution in [0.25, 0.3) is 0 Å². The number of rotatable bonds is 2. The molecule has 1 heterocycles.